The Hall–Kier alpha value is -1.64. The summed E-state index contributed by atoms with van der Waals surface area (Å²) in [5, 5.41) is 8.39. The van der Waals surface area contributed by atoms with E-state index >= 15 is 0 Å². The molecule has 0 heterocycles. The molecule has 0 atom stereocenters. The predicted octanol–water partition coefficient (Wildman–Crippen LogP) is 2.62. The van der Waals surface area contributed by atoms with Crippen LogP contribution in [0.5, 0.6) is 0 Å². The molecule has 0 radical (unpaired) electrons. The van der Waals surface area contributed by atoms with Crippen LogP contribution >= 0.6 is 0 Å². The quantitative estimate of drug-likeness (QED) is 0.803. The largest absolute Gasteiger partial charge is 0.481 e. The van der Waals surface area contributed by atoms with Crippen LogP contribution in [0.3, 0.4) is 0 Å². The molecular formula is C11H11FO2. The molecule has 14 heavy (non-hydrogen) atoms. The van der Waals surface area contributed by atoms with E-state index < -0.39 is 5.97 Å². The Morgan fingerprint density at radius 1 is 1.57 bits per heavy atom. The fourth-order valence-electron chi connectivity index (χ4n) is 1.11. The van der Waals surface area contributed by atoms with E-state index in [0.717, 1.165) is 11.1 Å². The van der Waals surface area contributed by atoms with Crippen LogP contribution in [0.1, 0.15) is 17.5 Å². The predicted molar refractivity (Wildman–Crippen MR) is 52.4 cm³/mol. The molecule has 0 spiro atoms. The Labute approximate surface area is 81.7 Å². The van der Waals surface area contributed by atoms with Gasteiger partial charge in [-0.05, 0) is 30.2 Å². The van der Waals surface area contributed by atoms with E-state index in [1.54, 1.807) is 25.1 Å². The van der Waals surface area contributed by atoms with Gasteiger partial charge in [0.25, 0.3) is 0 Å². The Balaban J connectivity index is 2.76. The first kappa shape index (κ1) is 10.4. The molecule has 0 fully saturated rings. The van der Waals surface area contributed by atoms with Crippen LogP contribution in [0.2, 0.25) is 0 Å². The average molecular weight is 194 g/mol. The van der Waals surface area contributed by atoms with Gasteiger partial charge in [-0.2, -0.15) is 0 Å². The Morgan fingerprint density at radius 3 is 2.86 bits per heavy atom. The Kier molecular flexibility index (Phi) is 3.40. The monoisotopic (exact) mass is 194 g/mol. The number of aryl methyl sites for hydroxylation is 1. The first-order chi connectivity index (χ1) is 6.59. The summed E-state index contributed by atoms with van der Waals surface area (Å²) in [4.78, 5) is 10.2. The van der Waals surface area contributed by atoms with Crippen LogP contribution in [-0.2, 0) is 4.79 Å². The van der Waals surface area contributed by atoms with Gasteiger partial charge < -0.3 is 5.11 Å². The number of aliphatic carboxylic acids is 1. The highest BCUT2D eigenvalue weighted by molar-refractivity contribution is 5.70. The third kappa shape index (κ3) is 3.01. The van der Waals surface area contributed by atoms with E-state index in [4.69, 9.17) is 5.11 Å². The zero-order valence-electron chi connectivity index (χ0n) is 7.83. The van der Waals surface area contributed by atoms with Gasteiger partial charge in [-0.25, -0.2) is 4.39 Å². The molecule has 1 N–H and O–H groups in total. The first-order valence-corrected chi connectivity index (χ1v) is 4.24. The maximum atomic E-state index is 12.7. The molecule has 1 aromatic rings. The van der Waals surface area contributed by atoms with E-state index in [9.17, 15) is 9.18 Å². The maximum Gasteiger partial charge on any atom is 0.307 e. The van der Waals surface area contributed by atoms with Crippen molar-refractivity contribution < 1.29 is 14.3 Å². The van der Waals surface area contributed by atoms with Gasteiger partial charge in [0.1, 0.15) is 5.82 Å². The van der Waals surface area contributed by atoms with Crippen molar-refractivity contribution >= 4 is 12.0 Å². The van der Waals surface area contributed by atoms with E-state index in [1.807, 2.05) is 0 Å². The molecule has 0 amide bonds. The number of carboxylic acid groups (broad SMARTS) is 1. The Morgan fingerprint density at radius 2 is 2.29 bits per heavy atom. The van der Waals surface area contributed by atoms with Gasteiger partial charge in [0.15, 0.2) is 0 Å². The molecule has 0 saturated carbocycles. The number of rotatable bonds is 3. The number of benzene rings is 1. The van der Waals surface area contributed by atoms with Crippen molar-refractivity contribution in [3.63, 3.8) is 0 Å². The summed E-state index contributed by atoms with van der Waals surface area (Å²) in [6.07, 6.45) is 3.21. The van der Waals surface area contributed by atoms with Crippen LogP contribution in [0, 0.1) is 12.7 Å². The third-order valence-corrected chi connectivity index (χ3v) is 1.82. The molecule has 0 aliphatic rings. The van der Waals surface area contributed by atoms with Crippen LogP contribution in [0.25, 0.3) is 6.08 Å². The van der Waals surface area contributed by atoms with Gasteiger partial charge in [0.2, 0.25) is 0 Å². The zero-order valence-corrected chi connectivity index (χ0v) is 7.83. The lowest BCUT2D eigenvalue weighted by Gasteiger charge is -1.99. The molecule has 74 valence electrons. The van der Waals surface area contributed by atoms with Crippen LogP contribution < -0.4 is 0 Å². The van der Waals surface area contributed by atoms with Gasteiger partial charge in [-0.3, -0.25) is 4.79 Å². The lowest BCUT2D eigenvalue weighted by molar-refractivity contribution is -0.135. The number of carbonyl (C=O) groups is 1. The van der Waals surface area contributed by atoms with Crippen LogP contribution in [0.15, 0.2) is 24.3 Å². The topological polar surface area (TPSA) is 37.3 Å². The lowest BCUT2D eigenvalue weighted by Crippen LogP contribution is -1.90. The van der Waals surface area contributed by atoms with Crippen molar-refractivity contribution in [3.05, 3.63) is 41.2 Å². The zero-order chi connectivity index (χ0) is 10.6. The van der Waals surface area contributed by atoms with Crippen LogP contribution in [0.4, 0.5) is 4.39 Å². The highest BCUT2D eigenvalue weighted by atomic mass is 19.1. The van der Waals surface area contributed by atoms with Gasteiger partial charge in [-0.15, -0.1) is 0 Å². The second-order valence-corrected chi connectivity index (χ2v) is 3.00. The van der Waals surface area contributed by atoms with Gasteiger partial charge >= 0.3 is 5.97 Å². The van der Waals surface area contributed by atoms with E-state index in [-0.39, 0.29) is 12.2 Å². The second kappa shape index (κ2) is 4.56. The van der Waals surface area contributed by atoms with Crippen molar-refractivity contribution in [1.82, 2.24) is 0 Å². The normalized spacial score (nSPS) is 10.7. The fraction of sp³-hybridized carbons (Fsp3) is 0.182. The summed E-state index contributed by atoms with van der Waals surface area (Å²) >= 11 is 0. The molecule has 0 aliphatic carbocycles. The number of hydrogen-bond acceptors (Lipinski definition) is 1. The molecule has 0 aromatic heterocycles. The van der Waals surface area contributed by atoms with Crippen LogP contribution in [-0.4, -0.2) is 11.1 Å². The summed E-state index contributed by atoms with van der Waals surface area (Å²) in [7, 11) is 0. The van der Waals surface area contributed by atoms with E-state index in [0.29, 0.717) is 0 Å². The third-order valence-electron chi connectivity index (χ3n) is 1.82. The highest BCUT2D eigenvalue weighted by Crippen LogP contribution is 2.11. The number of carboxylic acids is 1. The van der Waals surface area contributed by atoms with Crippen molar-refractivity contribution in [2.75, 3.05) is 0 Å². The highest BCUT2D eigenvalue weighted by Gasteiger charge is 1.96. The standard InChI is InChI=1S/C11H11FO2/c1-8-7-10(12)6-5-9(8)3-2-4-11(13)14/h2-3,5-7H,4H2,1H3,(H,13,14)/b3-2+. The maximum absolute atomic E-state index is 12.7. The summed E-state index contributed by atoms with van der Waals surface area (Å²) in [5.74, 6) is -1.15. The van der Waals surface area contributed by atoms with E-state index in [2.05, 4.69) is 0 Å². The average Bonchev–Trinajstić information content (AvgIpc) is 2.08. The smallest absolute Gasteiger partial charge is 0.307 e. The van der Waals surface area contributed by atoms with Gasteiger partial charge in [0, 0.05) is 0 Å². The van der Waals surface area contributed by atoms with Crippen molar-refractivity contribution in [2.24, 2.45) is 0 Å². The van der Waals surface area contributed by atoms with Crippen molar-refractivity contribution in [2.45, 2.75) is 13.3 Å². The molecule has 0 aliphatic heterocycles. The molecule has 0 bridgehead atoms. The molecule has 1 rings (SSSR count). The minimum atomic E-state index is -0.874. The number of halogens is 1. The fourth-order valence-corrected chi connectivity index (χ4v) is 1.11. The Bertz CT molecular complexity index is 370. The van der Waals surface area contributed by atoms with E-state index in [1.165, 1.54) is 12.1 Å². The summed E-state index contributed by atoms with van der Waals surface area (Å²) < 4.78 is 12.7. The molecule has 3 heteroatoms. The number of hydrogen-bond donors (Lipinski definition) is 1. The molecule has 0 saturated heterocycles. The molecular weight excluding hydrogens is 183 g/mol. The summed E-state index contributed by atoms with van der Waals surface area (Å²) in [5.41, 5.74) is 1.64. The summed E-state index contributed by atoms with van der Waals surface area (Å²) in [6, 6.07) is 4.40. The summed E-state index contributed by atoms with van der Waals surface area (Å²) in [6.45, 7) is 1.78. The van der Waals surface area contributed by atoms with Crippen molar-refractivity contribution in [1.29, 1.82) is 0 Å². The molecule has 0 unspecified atom stereocenters. The second-order valence-electron chi connectivity index (χ2n) is 3.00. The molecule has 1 aromatic carbocycles. The van der Waals surface area contributed by atoms with Gasteiger partial charge in [-0.1, -0.05) is 18.2 Å². The van der Waals surface area contributed by atoms with Gasteiger partial charge in [0.05, 0.1) is 6.42 Å². The SMILES string of the molecule is Cc1cc(F)ccc1/C=C/CC(=O)O. The van der Waals surface area contributed by atoms with Crippen molar-refractivity contribution in [3.8, 4) is 0 Å². The first-order valence-electron chi connectivity index (χ1n) is 4.24. The minimum Gasteiger partial charge on any atom is -0.481 e. The molecule has 2 nitrogen and oxygen atoms in total. The lowest BCUT2D eigenvalue weighted by atomic mass is 10.1. The minimum absolute atomic E-state index is 0.0170.